The van der Waals surface area contributed by atoms with Gasteiger partial charge in [0.15, 0.2) is 0 Å². The maximum atomic E-state index is 5.79. The van der Waals surface area contributed by atoms with Crippen molar-refractivity contribution < 1.29 is 9.47 Å². The van der Waals surface area contributed by atoms with Crippen molar-refractivity contribution in [2.45, 2.75) is 6.04 Å². The number of hydrogen-bond acceptors (Lipinski definition) is 4. The molecule has 17 heavy (non-hydrogen) atoms. The minimum absolute atomic E-state index is 0.0672. The Morgan fingerprint density at radius 3 is 2.76 bits per heavy atom. The van der Waals surface area contributed by atoms with Gasteiger partial charge < -0.3 is 20.5 Å². The molecule has 0 bridgehead atoms. The quantitative estimate of drug-likeness (QED) is 0.753. The summed E-state index contributed by atoms with van der Waals surface area (Å²) in [6.45, 7) is 1.93. The normalized spacial score (nSPS) is 12.5. The van der Waals surface area contributed by atoms with Crippen molar-refractivity contribution in [3.8, 4) is 5.75 Å². The van der Waals surface area contributed by atoms with Crippen molar-refractivity contribution in [1.29, 1.82) is 0 Å². The topological polar surface area (TPSA) is 56.5 Å². The molecule has 0 aliphatic heterocycles. The molecule has 0 aromatic heterocycles. The summed E-state index contributed by atoms with van der Waals surface area (Å²) in [5.74, 6) is 0.841. The highest BCUT2D eigenvalue weighted by Crippen LogP contribution is 2.27. The molecule has 4 nitrogen and oxygen atoms in total. The fourth-order valence-corrected chi connectivity index (χ4v) is 2.01. The Morgan fingerprint density at radius 2 is 2.18 bits per heavy atom. The maximum Gasteiger partial charge on any atom is 0.123 e. The van der Waals surface area contributed by atoms with E-state index in [2.05, 4.69) is 21.2 Å². The van der Waals surface area contributed by atoms with E-state index in [0.29, 0.717) is 13.2 Å². The van der Waals surface area contributed by atoms with Crippen LogP contribution in [0.2, 0.25) is 0 Å². The highest BCUT2D eigenvalue weighted by atomic mass is 79.9. The van der Waals surface area contributed by atoms with Gasteiger partial charge in [0, 0.05) is 36.3 Å². The predicted molar refractivity (Wildman–Crippen MR) is 72.4 cm³/mol. The van der Waals surface area contributed by atoms with E-state index >= 15 is 0 Å². The molecule has 3 N–H and O–H groups in total. The number of nitrogens with one attached hydrogen (secondary N) is 1. The van der Waals surface area contributed by atoms with Crippen LogP contribution < -0.4 is 15.8 Å². The Bertz CT molecular complexity index is 347. The number of rotatable bonds is 7. The van der Waals surface area contributed by atoms with Gasteiger partial charge in [-0.05, 0) is 18.2 Å². The minimum Gasteiger partial charge on any atom is -0.496 e. The molecule has 0 saturated heterocycles. The van der Waals surface area contributed by atoms with Gasteiger partial charge in [0.05, 0.1) is 13.7 Å². The first-order chi connectivity index (χ1) is 8.22. The number of nitrogens with two attached hydrogens (primary N) is 1. The number of hydrogen-bond donors (Lipinski definition) is 2. The molecule has 0 saturated carbocycles. The summed E-state index contributed by atoms with van der Waals surface area (Å²) >= 11 is 3.46. The summed E-state index contributed by atoms with van der Waals surface area (Å²) in [6.07, 6.45) is 0. The molecule has 0 amide bonds. The van der Waals surface area contributed by atoms with Gasteiger partial charge in [0.1, 0.15) is 5.75 Å². The Labute approximate surface area is 111 Å². The van der Waals surface area contributed by atoms with E-state index in [1.54, 1.807) is 14.2 Å². The van der Waals surface area contributed by atoms with Gasteiger partial charge in [-0.15, -0.1) is 0 Å². The Balaban J connectivity index is 2.82. The van der Waals surface area contributed by atoms with Crippen LogP contribution in [0, 0.1) is 0 Å². The van der Waals surface area contributed by atoms with Crippen LogP contribution in [0.1, 0.15) is 11.6 Å². The molecule has 1 unspecified atom stereocenters. The lowest BCUT2D eigenvalue weighted by molar-refractivity contribution is 0.195. The third-order valence-corrected chi connectivity index (χ3v) is 2.99. The van der Waals surface area contributed by atoms with Gasteiger partial charge in [-0.1, -0.05) is 15.9 Å². The molecule has 0 aliphatic carbocycles. The van der Waals surface area contributed by atoms with E-state index in [1.807, 2.05) is 18.2 Å². The Kier molecular flexibility index (Phi) is 6.50. The molecule has 0 aliphatic rings. The van der Waals surface area contributed by atoms with E-state index < -0.39 is 0 Å². The third kappa shape index (κ3) is 4.27. The van der Waals surface area contributed by atoms with Crippen LogP contribution in [0.4, 0.5) is 0 Å². The minimum atomic E-state index is 0.0672. The summed E-state index contributed by atoms with van der Waals surface area (Å²) in [5.41, 5.74) is 6.84. The molecule has 1 atom stereocenters. The molecule has 0 radical (unpaired) electrons. The Hall–Kier alpha value is -0.620. The second-order valence-corrected chi connectivity index (χ2v) is 4.54. The van der Waals surface area contributed by atoms with Crippen LogP contribution in [0.25, 0.3) is 0 Å². The SMILES string of the molecule is COCCNC(CN)c1cc(Br)ccc1OC. The van der Waals surface area contributed by atoms with E-state index in [0.717, 1.165) is 22.3 Å². The number of halogens is 1. The van der Waals surface area contributed by atoms with Crippen molar-refractivity contribution >= 4 is 15.9 Å². The average Bonchev–Trinajstić information content (AvgIpc) is 2.35. The summed E-state index contributed by atoms with van der Waals surface area (Å²) in [4.78, 5) is 0. The number of ether oxygens (including phenoxy) is 2. The second-order valence-electron chi connectivity index (χ2n) is 3.62. The van der Waals surface area contributed by atoms with Crippen LogP contribution in [-0.2, 0) is 4.74 Å². The predicted octanol–water partition coefficient (Wildman–Crippen LogP) is 1.69. The first-order valence-corrected chi connectivity index (χ1v) is 6.28. The molecular weight excluding hydrogens is 284 g/mol. The lowest BCUT2D eigenvalue weighted by Gasteiger charge is -2.20. The van der Waals surface area contributed by atoms with Crippen molar-refractivity contribution in [3.05, 3.63) is 28.2 Å². The first kappa shape index (κ1) is 14.4. The molecular formula is C12H19BrN2O2. The van der Waals surface area contributed by atoms with E-state index in [9.17, 15) is 0 Å². The van der Waals surface area contributed by atoms with Crippen molar-refractivity contribution in [1.82, 2.24) is 5.32 Å². The van der Waals surface area contributed by atoms with Crippen LogP contribution >= 0.6 is 15.9 Å². The summed E-state index contributed by atoms with van der Waals surface area (Å²) < 4.78 is 11.4. The summed E-state index contributed by atoms with van der Waals surface area (Å²) in [7, 11) is 3.34. The molecule has 1 aromatic rings. The smallest absolute Gasteiger partial charge is 0.123 e. The van der Waals surface area contributed by atoms with Crippen molar-refractivity contribution in [2.75, 3.05) is 33.9 Å². The first-order valence-electron chi connectivity index (χ1n) is 5.48. The van der Waals surface area contributed by atoms with Crippen LogP contribution in [0.3, 0.4) is 0 Å². The highest BCUT2D eigenvalue weighted by Gasteiger charge is 2.14. The van der Waals surface area contributed by atoms with Crippen LogP contribution in [0.15, 0.2) is 22.7 Å². The largest absolute Gasteiger partial charge is 0.496 e. The van der Waals surface area contributed by atoms with Gasteiger partial charge in [0.2, 0.25) is 0 Å². The van der Waals surface area contributed by atoms with E-state index in [1.165, 1.54) is 0 Å². The number of benzene rings is 1. The molecule has 1 aromatic carbocycles. The van der Waals surface area contributed by atoms with Crippen LogP contribution in [0.5, 0.6) is 5.75 Å². The fourth-order valence-electron chi connectivity index (χ4n) is 1.63. The maximum absolute atomic E-state index is 5.79. The zero-order valence-corrected chi connectivity index (χ0v) is 11.8. The van der Waals surface area contributed by atoms with Gasteiger partial charge in [-0.25, -0.2) is 0 Å². The zero-order valence-electron chi connectivity index (χ0n) is 10.2. The molecule has 0 fully saturated rings. The van der Waals surface area contributed by atoms with E-state index in [-0.39, 0.29) is 6.04 Å². The van der Waals surface area contributed by atoms with Crippen molar-refractivity contribution in [3.63, 3.8) is 0 Å². The lowest BCUT2D eigenvalue weighted by Crippen LogP contribution is -2.31. The zero-order chi connectivity index (χ0) is 12.7. The molecule has 96 valence electrons. The molecule has 0 spiro atoms. The molecule has 0 heterocycles. The summed E-state index contributed by atoms with van der Waals surface area (Å²) in [6, 6.07) is 5.97. The fraction of sp³-hybridized carbons (Fsp3) is 0.500. The van der Waals surface area contributed by atoms with Gasteiger partial charge in [0.25, 0.3) is 0 Å². The third-order valence-electron chi connectivity index (χ3n) is 2.50. The highest BCUT2D eigenvalue weighted by molar-refractivity contribution is 9.10. The second kappa shape index (κ2) is 7.66. The average molecular weight is 303 g/mol. The standard InChI is InChI=1S/C12H19BrN2O2/c1-16-6-5-15-11(8-14)10-7-9(13)3-4-12(10)17-2/h3-4,7,11,15H,5-6,8,14H2,1-2H3. The molecule has 5 heteroatoms. The lowest BCUT2D eigenvalue weighted by atomic mass is 10.1. The molecule has 1 rings (SSSR count). The summed E-state index contributed by atoms with van der Waals surface area (Å²) in [5, 5.41) is 3.34. The monoisotopic (exact) mass is 302 g/mol. The van der Waals surface area contributed by atoms with Crippen molar-refractivity contribution in [2.24, 2.45) is 5.73 Å². The number of methoxy groups -OCH3 is 2. The van der Waals surface area contributed by atoms with Gasteiger partial charge in [-0.3, -0.25) is 0 Å². The van der Waals surface area contributed by atoms with E-state index in [4.69, 9.17) is 15.2 Å². The van der Waals surface area contributed by atoms with Gasteiger partial charge in [-0.2, -0.15) is 0 Å². The van der Waals surface area contributed by atoms with Crippen LogP contribution in [-0.4, -0.2) is 33.9 Å². The Morgan fingerprint density at radius 1 is 1.41 bits per heavy atom. The van der Waals surface area contributed by atoms with Gasteiger partial charge >= 0.3 is 0 Å².